The van der Waals surface area contributed by atoms with E-state index in [0.29, 0.717) is 24.1 Å². The van der Waals surface area contributed by atoms with Crippen molar-refractivity contribution in [3.8, 4) is 0 Å². The third kappa shape index (κ3) is 8.45. The summed E-state index contributed by atoms with van der Waals surface area (Å²) in [6, 6.07) is 23.7. The summed E-state index contributed by atoms with van der Waals surface area (Å²) in [5, 5.41) is 9.61. The van der Waals surface area contributed by atoms with Crippen molar-refractivity contribution in [1.29, 1.82) is 0 Å². The first kappa shape index (κ1) is 31.7. The number of nitrogens with one attached hydrogen (secondary N) is 3. The topological polar surface area (TPSA) is 121 Å². The Hall–Kier alpha value is -4.76. The van der Waals surface area contributed by atoms with Crippen LogP contribution < -0.4 is 21.6 Å². The number of likely N-dealkylation sites (tertiary alicyclic amines) is 1. The second kappa shape index (κ2) is 14.8. The minimum Gasteiger partial charge on any atom is -0.423 e. The standard InChI is InChI=1S/C36H40N4O5/c1-24-21-33(41)45-32-23-27(17-18-28(24)32)37-34(42)29(19-16-25-11-5-3-6-12-25)38-35(43)30(22-26-13-7-4-8-14-26)39-36(44)31-15-9-10-20-40(31)2/h3-8,11-14,17-18,21,23,29-31H,9-10,15-16,19-20,22H2,1-2H3,(H,37,42)(H,38,43)(H,39,44)/t29-,30-,31-/m0/s1. The summed E-state index contributed by atoms with van der Waals surface area (Å²) in [5.41, 5.74) is 3.03. The molecule has 0 spiro atoms. The van der Waals surface area contributed by atoms with E-state index < -0.39 is 29.5 Å². The molecule has 0 saturated carbocycles. The predicted octanol–water partition coefficient (Wildman–Crippen LogP) is 4.37. The maximum atomic E-state index is 13.9. The van der Waals surface area contributed by atoms with Crippen molar-refractivity contribution >= 4 is 34.4 Å². The van der Waals surface area contributed by atoms with E-state index in [1.54, 1.807) is 18.2 Å². The molecule has 45 heavy (non-hydrogen) atoms. The average molecular weight is 609 g/mol. The summed E-state index contributed by atoms with van der Waals surface area (Å²) in [6.07, 6.45) is 3.89. The Morgan fingerprint density at radius 1 is 0.867 bits per heavy atom. The summed E-state index contributed by atoms with van der Waals surface area (Å²) < 4.78 is 5.36. The smallest absolute Gasteiger partial charge is 0.336 e. The van der Waals surface area contributed by atoms with Crippen LogP contribution in [0, 0.1) is 6.92 Å². The van der Waals surface area contributed by atoms with Gasteiger partial charge in [0, 0.05) is 29.6 Å². The van der Waals surface area contributed by atoms with Crippen molar-refractivity contribution in [2.75, 3.05) is 18.9 Å². The zero-order chi connectivity index (χ0) is 31.8. The number of piperidine rings is 1. The van der Waals surface area contributed by atoms with Crippen molar-refractivity contribution in [2.24, 2.45) is 0 Å². The largest absolute Gasteiger partial charge is 0.423 e. The fourth-order valence-corrected chi connectivity index (χ4v) is 5.86. The van der Waals surface area contributed by atoms with Crippen LogP contribution in [0.15, 0.2) is 94.1 Å². The number of nitrogens with zero attached hydrogens (tertiary/aromatic N) is 1. The van der Waals surface area contributed by atoms with Gasteiger partial charge in [-0.05, 0) is 75.0 Å². The van der Waals surface area contributed by atoms with Gasteiger partial charge in [0.05, 0.1) is 6.04 Å². The Morgan fingerprint density at radius 3 is 2.29 bits per heavy atom. The Bertz CT molecular complexity index is 1690. The molecule has 234 valence electrons. The monoisotopic (exact) mass is 608 g/mol. The number of rotatable bonds is 11. The molecule has 1 aliphatic heterocycles. The minimum absolute atomic E-state index is 0.188. The van der Waals surface area contributed by atoms with Gasteiger partial charge in [-0.1, -0.05) is 67.1 Å². The highest BCUT2D eigenvalue weighted by atomic mass is 16.4. The Balaban J connectivity index is 1.37. The number of benzene rings is 3. The molecule has 1 aromatic heterocycles. The molecule has 2 heterocycles. The summed E-state index contributed by atoms with van der Waals surface area (Å²) in [7, 11) is 1.93. The van der Waals surface area contributed by atoms with Crippen LogP contribution in [-0.4, -0.2) is 54.3 Å². The number of likely N-dealkylation sites (N-methyl/N-ethyl adjacent to an activating group) is 1. The third-order valence-corrected chi connectivity index (χ3v) is 8.41. The average Bonchev–Trinajstić information content (AvgIpc) is 3.03. The van der Waals surface area contributed by atoms with Crippen molar-refractivity contribution in [2.45, 2.75) is 63.6 Å². The van der Waals surface area contributed by atoms with Gasteiger partial charge in [0.1, 0.15) is 17.7 Å². The molecular weight excluding hydrogens is 568 g/mol. The molecule has 0 bridgehead atoms. The second-order valence-electron chi connectivity index (χ2n) is 11.8. The molecule has 0 unspecified atom stereocenters. The van der Waals surface area contributed by atoms with Gasteiger partial charge in [0.25, 0.3) is 0 Å². The lowest BCUT2D eigenvalue weighted by Gasteiger charge is -2.32. The number of fused-ring (bicyclic) bond motifs is 1. The van der Waals surface area contributed by atoms with E-state index in [4.69, 9.17) is 4.42 Å². The Labute approximate surface area is 263 Å². The Kier molecular flexibility index (Phi) is 10.4. The van der Waals surface area contributed by atoms with Crippen molar-refractivity contribution in [1.82, 2.24) is 15.5 Å². The zero-order valence-corrected chi connectivity index (χ0v) is 25.8. The zero-order valence-electron chi connectivity index (χ0n) is 25.8. The first-order chi connectivity index (χ1) is 21.8. The SMILES string of the molecule is Cc1cc(=O)oc2cc(NC(=O)[C@H](CCc3ccccc3)NC(=O)[C@H](Cc3ccccc3)NC(=O)[C@@H]3CCCCN3C)ccc12. The van der Waals surface area contributed by atoms with Gasteiger partial charge in [-0.2, -0.15) is 0 Å². The lowest BCUT2D eigenvalue weighted by atomic mass is 9.99. The first-order valence-electron chi connectivity index (χ1n) is 15.5. The molecule has 1 saturated heterocycles. The van der Waals surface area contributed by atoms with Crippen LogP contribution in [0.5, 0.6) is 0 Å². The van der Waals surface area contributed by atoms with Crippen LogP contribution in [0.3, 0.4) is 0 Å². The summed E-state index contributed by atoms with van der Waals surface area (Å²) in [5.74, 6) is -1.03. The van der Waals surface area contributed by atoms with Crippen molar-refractivity contribution in [3.05, 3.63) is 112 Å². The summed E-state index contributed by atoms with van der Waals surface area (Å²) in [4.78, 5) is 55.0. The normalized spacial score (nSPS) is 16.4. The second-order valence-corrected chi connectivity index (χ2v) is 11.8. The summed E-state index contributed by atoms with van der Waals surface area (Å²) >= 11 is 0. The molecule has 9 nitrogen and oxygen atoms in total. The van der Waals surface area contributed by atoms with Gasteiger partial charge in [-0.25, -0.2) is 4.79 Å². The number of hydrogen-bond acceptors (Lipinski definition) is 6. The molecule has 5 rings (SSSR count). The molecule has 0 aliphatic carbocycles. The quantitative estimate of drug-likeness (QED) is 0.218. The molecule has 3 atom stereocenters. The van der Waals surface area contributed by atoms with E-state index in [0.717, 1.165) is 47.9 Å². The fourth-order valence-electron chi connectivity index (χ4n) is 5.86. The van der Waals surface area contributed by atoms with E-state index >= 15 is 0 Å². The lowest BCUT2D eigenvalue weighted by molar-refractivity contribution is -0.133. The molecule has 3 aromatic carbocycles. The molecule has 4 aromatic rings. The first-order valence-corrected chi connectivity index (χ1v) is 15.5. The van der Waals surface area contributed by atoms with Crippen LogP contribution >= 0.6 is 0 Å². The van der Waals surface area contributed by atoms with Gasteiger partial charge < -0.3 is 20.4 Å². The van der Waals surface area contributed by atoms with Gasteiger partial charge in [-0.3, -0.25) is 19.3 Å². The fraction of sp³-hybridized carbons (Fsp3) is 0.333. The van der Waals surface area contributed by atoms with Crippen LogP contribution in [0.2, 0.25) is 0 Å². The van der Waals surface area contributed by atoms with Gasteiger partial charge in [0.15, 0.2) is 0 Å². The molecule has 3 N–H and O–H groups in total. The predicted molar refractivity (Wildman–Crippen MR) is 175 cm³/mol. The van der Waals surface area contributed by atoms with Gasteiger partial charge in [0.2, 0.25) is 17.7 Å². The van der Waals surface area contributed by atoms with E-state index in [1.807, 2.05) is 79.5 Å². The van der Waals surface area contributed by atoms with Crippen LogP contribution in [0.1, 0.15) is 42.4 Å². The Morgan fingerprint density at radius 2 is 1.58 bits per heavy atom. The van der Waals surface area contributed by atoms with E-state index in [-0.39, 0.29) is 18.4 Å². The highest BCUT2D eigenvalue weighted by Crippen LogP contribution is 2.21. The number of aryl methyl sites for hydroxylation is 2. The van der Waals surface area contributed by atoms with Crippen LogP contribution in [-0.2, 0) is 27.2 Å². The molecule has 9 heteroatoms. The molecule has 1 aliphatic rings. The highest BCUT2D eigenvalue weighted by molar-refractivity contribution is 5.99. The van der Waals surface area contributed by atoms with Gasteiger partial charge >= 0.3 is 5.63 Å². The molecule has 0 radical (unpaired) electrons. The highest BCUT2D eigenvalue weighted by Gasteiger charge is 2.31. The van der Waals surface area contributed by atoms with Crippen molar-refractivity contribution < 1.29 is 18.8 Å². The minimum atomic E-state index is -0.898. The molecule has 1 fully saturated rings. The number of hydrogen-bond donors (Lipinski definition) is 3. The number of anilines is 1. The lowest BCUT2D eigenvalue weighted by Crippen LogP contribution is -2.57. The van der Waals surface area contributed by atoms with Gasteiger partial charge in [-0.15, -0.1) is 0 Å². The molecular formula is C36H40N4O5. The number of carbonyl (C=O) groups is 3. The van der Waals surface area contributed by atoms with E-state index in [9.17, 15) is 19.2 Å². The maximum absolute atomic E-state index is 13.9. The van der Waals surface area contributed by atoms with E-state index in [1.165, 1.54) is 6.07 Å². The molecule has 3 amide bonds. The third-order valence-electron chi connectivity index (χ3n) is 8.41. The van der Waals surface area contributed by atoms with Crippen LogP contribution in [0.4, 0.5) is 5.69 Å². The maximum Gasteiger partial charge on any atom is 0.336 e. The number of amides is 3. The van der Waals surface area contributed by atoms with Crippen LogP contribution in [0.25, 0.3) is 11.0 Å². The number of carbonyl (C=O) groups excluding carboxylic acids is 3. The summed E-state index contributed by atoms with van der Waals surface area (Å²) in [6.45, 7) is 2.65. The van der Waals surface area contributed by atoms with E-state index in [2.05, 4.69) is 16.0 Å². The van der Waals surface area contributed by atoms with Crippen molar-refractivity contribution in [3.63, 3.8) is 0 Å².